The second-order valence-corrected chi connectivity index (χ2v) is 7.01. The molecule has 4 rings (SSSR count). The zero-order chi connectivity index (χ0) is 21.6. The SMILES string of the molecule is Cc1c(N2C(=O)OC[C@H]2C(F)F)nc2n1CCOc1cc(OC(C)C(N)=O)ccc1-2. The highest BCUT2D eigenvalue weighted by molar-refractivity contribution is 5.90. The molecule has 0 aliphatic carbocycles. The van der Waals surface area contributed by atoms with Crippen LogP contribution in [0.4, 0.5) is 19.4 Å². The topological polar surface area (TPSA) is 109 Å². The predicted octanol–water partition coefficient (Wildman–Crippen LogP) is 2.09. The van der Waals surface area contributed by atoms with E-state index in [0.29, 0.717) is 35.1 Å². The lowest BCUT2D eigenvalue weighted by atomic mass is 10.1. The maximum atomic E-state index is 13.4. The summed E-state index contributed by atoms with van der Waals surface area (Å²) in [7, 11) is 0. The molecule has 0 bridgehead atoms. The van der Waals surface area contributed by atoms with E-state index in [1.165, 1.54) is 6.92 Å². The van der Waals surface area contributed by atoms with E-state index in [9.17, 15) is 18.4 Å². The number of amides is 2. The van der Waals surface area contributed by atoms with Crippen LogP contribution in [0.3, 0.4) is 0 Å². The van der Waals surface area contributed by atoms with Crippen molar-refractivity contribution >= 4 is 17.8 Å². The van der Waals surface area contributed by atoms with Crippen molar-refractivity contribution < 1.29 is 32.6 Å². The average Bonchev–Trinajstić information content (AvgIpc) is 3.16. The Morgan fingerprint density at radius 3 is 2.83 bits per heavy atom. The number of halogens is 2. The average molecular weight is 422 g/mol. The van der Waals surface area contributed by atoms with Crippen LogP contribution in [0.15, 0.2) is 18.2 Å². The van der Waals surface area contributed by atoms with Crippen LogP contribution >= 0.6 is 0 Å². The van der Waals surface area contributed by atoms with Gasteiger partial charge in [-0.15, -0.1) is 0 Å². The molecule has 3 heterocycles. The number of benzene rings is 1. The van der Waals surface area contributed by atoms with Crippen LogP contribution in [-0.2, 0) is 16.1 Å². The van der Waals surface area contributed by atoms with E-state index in [-0.39, 0.29) is 12.4 Å². The quantitative estimate of drug-likeness (QED) is 0.790. The monoisotopic (exact) mass is 422 g/mol. The maximum Gasteiger partial charge on any atom is 0.416 e. The maximum absolute atomic E-state index is 13.4. The van der Waals surface area contributed by atoms with Gasteiger partial charge in [-0.25, -0.2) is 23.5 Å². The predicted molar refractivity (Wildman–Crippen MR) is 101 cm³/mol. The molecular formula is C19H20F2N4O5. The summed E-state index contributed by atoms with van der Waals surface area (Å²) in [5.74, 6) is 0.838. The van der Waals surface area contributed by atoms with Crippen molar-refractivity contribution in [2.24, 2.45) is 5.73 Å². The lowest BCUT2D eigenvalue weighted by Crippen LogP contribution is -2.39. The van der Waals surface area contributed by atoms with Crippen LogP contribution in [0.5, 0.6) is 11.5 Å². The fourth-order valence-corrected chi connectivity index (χ4v) is 3.48. The zero-order valence-corrected chi connectivity index (χ0v) is 16.3. The minimum atomic E-state index is -2.76. The van der Waals surface area contributed by atoms with Gasteiger partial charge in [-0.05, 0) is 26.0 Å². The van der Waals surface area contributed by atoms with Gasteiger partial charge in [-0.3, -0.25) is 4.79 Å². The number of hydrogen-bond donors (Lipinski definition) is 1. The third-order valence-corrected chi connectivity index (χ3v) is 5.10. The van der Waals surface area contributed by atoms with Gasteiger partial charge in [0.2, 0.25) is 0 Å². The van der Waals surface area contributed by atoms with Crippen LogP contribution in [0.25, 0.3) is 11.4 Å². The highest BCUT2D eigenvalue weighted by atomic mass is 19.3. The lowest BCUT2D eigenvalue weighted by Gasteiger charge is -2.19. The van der Waals surface area contributed by atoms with Crippen molar-refractivity contribution in [1.82, 2.24) is 9.55 Å². The first kappa shape index (κ1) is 19.9. The Kier molecular flexibility index (Phi) is 4.96. The number of primary amides is 1. The van der Waals surface area contributed by atoms with Gasteiger partial charge in [0.05, 0.1) is 17.8 Å². The number of cyclic esters (lactones) is 1. The van der Waals surface area contributed by atoms with Crippen LogP contribution < -0.4 is 20.1 Å². The number of hydrogen-bond acceptors (Lipinski definition) is 6. The van der Waals surface area contributed by atoms with Gasteiger partial charge in [0, 0.05) is 6.07 Å². The van der Waals surface area contributed by atoms with Crippen LogP contribution in [-0.4, -0.2) is 53.3 Å². The van der Waals surface area contributed by atoms with Gasteiger partial charge in [0.25, 0.3) is 12.3 Å². The number of carbonyl (C=O) groups is 2. The normalized spacial score (nSPS) is 18.9. The van der Waals surface area contributed by atoms with Crippen LogP contribution in [0, 0.1) is 6.92 Å². The molecule has 2 aliphatic heterocycles. The van der Waals surface area contributed by atoms with Crippen molar-refractivity contribution in [2.45, 2.75) is 39.0 Å². The van der Waals surface area contributed by atoms with Gasteiger partial charge in [0.15, 0.2) is 11.9 Å². The molecule has 2 atom stereocenters. The minimum Gasteiger partial charge on any atom is -0.491 e. The first-order chi connectivity index (χ1) is 14.3. The molecule has 2 amide bonds. The van der Waals surface area contributed by atoms with E-state index < -0.39 is 37.2 Å². The van der Waals surface area contributed by atoms with Crippen LogP contribution in [0.1, 0.15) is 12.6 Å². The second-order valence-electron chi connectivity index (χ2n) is 7.01. The van der Waals surface area contributed by atoms with Gasteiger partial charge >= 0.3 is 6.09 Å². The smallest absolute Gasteiger partial charge is 0.416 e. The highest BCUT2D eigenvalue weighted by Crippen LogP contribution is 2.39. The number of anilines is 1. The number of nitrogens with two attached hydrogens (primary N) is 1. The van der Waals surface area contributed by atoms with E-state index in [1.54, 1.807) is 25.1 Å². The lowest BCUT2D eigenvalue weighted by molar-refractivity contribution is -0.123. The minimum absolute atomic E-state index is 0.133. The number of alkyl halides is 2. The van der Waals surface area contributed by atoms with Crippen molar-refractivity contribution in [3.63, 3.8) is 0 Å². The summed E-state index contributed by atoms with van der Waals surface area (Å²) in [4.78, 5) is 28.8. The Labute approximate surface area is 170 Å². The molecule has 0 spiro atoms. The number of rotatable bonds is 5. The van der Waals surface area contributed by atoms with Crippen molar-refractivity contribution in [1.29, 1.82) is 0 Å². The molecule has 1 aromatic carbocycles. The molecule has 1 unspecified atom stereocenters. The summed E-state index contributed by atoms with van der Waals surface area (Å²) in [6.07, 6.45) is -4.44. The van der Waals surface area contributed by atoms with Gasteiger partial charge in [-0.1, -0.05) is 0 Å². The fourth-order valence-electron chi connectivity index (χ4n) is 3.48. The standard InChI is InChI=1S/C19H20F2N4O5/c1-9-17(25-13(15(20)21)8-29-19(25)27)23-18-12-4-3-11(30-10(2)16(22)26)7-14(12)28-6-5-24(9)18/h3-4,7,10,13,15H,5-6,8H2,1-2H3,(H2,22,26)/t10?,13-/m0/s1. The Bertz CT molecular complexity index is 1010. The molecule has 160 valence electrons. The molecule has 2 aromatic rings. The van der Waals surface area contributed by atoms with E-state index in [0.717, 1.165) is 4.90 Å². The third-order valence-electron chi connectivity index (χ3n) is 5.10. The van der Waals surface area contributed by atoms with Gasteiger partial charge in [-0.2, -0.15) is 0 Å². The Hall–Kier alpha value is -3.37. The van der Waals surface area contributed by atoms with Gasteiger partial charge < -0.3 is 24.5 Å². The molecule has 0 saturated carbocycles. The number of fused-ring (bicyclic) bond motifs is 3. The summed E-state index contributed by atoms with van der Waals surface area (Å²) < 4.78 is 44.7. The number of aromatic nitrogens is 2. The molecule has 1 fully saturated rings. The number of nitrogens with zero attached hydrogens (tertiary/aromatic N) is 3. The van der Waals surface area contributed by atoms with E-state index in [2.05, 4.69) is 4.98 Å². The number of ether oxygens (including phenoxy) is 3. The first-order valence-corrected chi connectivity index (χ1v) is 9.32. The summed E-state index contributed by atoms with van der Waals surface area (Å²) in [5, 5.41) is 0. The van der Waals surface area contributed by atoms with E-state index >= 15 is 0 Å². The number of imidazole rings is 1. The Morgan fingerprint density at radius 1 is 1.37 bits per heavy atom. The fraction of sp³-hybridized carbons (Fsp3) is 0.421. The summed E-state index contributed by atoms with van der Waals surface area (Å²) in [6.45, 7) is 3.53. The summed E-state index contributed by atoms with van der Waals surface area (Å²) in [5.41, 5.74) is 6.38. The largest absolute Gasteiger partial charge is 0.491 e. The molecule has 30 heavy (non-hydrogen) atoms. The molecule has 11 heteroatoms. The molecular weight excluding hydrogens is 402 g/mol. The van der Waals surface area contributed by atoms with Crippen molar-refractivity contribution in [3.05, 3.63) is 23.9 Å². The third kappa shape index (κ3) is 3.29. The Morgan fingerprint density at radius 2 is 2.13 bits per heavy atom. The van der Waals surface area contributed by atoms with E-state index in [1.807, 2.05) is 4.57 Å². The van der Waals surface area contributed by atoms with Crippen molar-refractivity contribution in [2.75, 3.05) is 18.1 Å². The molecule has 1 saturated heterocycles. The zero-order valence-electron chi connectivity index (χ0n) is 16.3. The van der Waals surface area contributed by atoms with Crippen molar-refractivity contribution in [3.8, 4) is 22.9 Å². The molecule has 2 N–H and O–H groups in total. The summed E-state index contributed by atoms with van der Waals surface area (Å²) in [6, 6.07) is 3.54. The summed E-state index contributed by atoms with van der Waals surface area (Å²) >= 11 is 0. The molecule has 0 radical (unpaired) electrons. The van der Waals surface area contributed by atoms with Gasteiger partial charge in [0.1, 0.15) is 36.6 Å². The second kappa shape index (κ2) is 7.47. The Balaban J connectivity index is 1.74. The first-order valence-electron chi connectivity index (χ1n) is 9.32. The number of carbonyl (C=O) groups excluding carboxylic acids is 2. The molecule has 2 aliphatic rings. The van der Waals surface area contributed by atoms with E-state index in [4.69, 9.17) is 19.9 Å². The molecule has 1 aromatic heterocycles. The van der Waals surface area contributed by atoms with Crippen LogP contribution in [0.2, 0.25) is 0 Å². The highest BCUT2D eigenvalue weighted by Gasteiger charge is 2.43. The molecule has 9 nitrogen and oxygen atoms in total.